The molecule has 0 spiro atoms. The predicted molar refractivity (Wildman–Crippen MR) is 246 cm³/mol. The number of carbonyl (C=O) groups excluding carboxylic acids is 2. The number of hydrogen-bond acceptors (Lipinski definition) is 9. The Morgan fingerprint density at radius 3 is 2.32 bits per heavy atom. The number of nitrogens with zero attached hydrogens (tertiary/aromatic N) is 2. The van der Waals surface area contributed by atoms with Crippen LogP contribution >= 0.6 is 0 Å². The number of carbonyl (C=O) groups is 2. The number of aromatic hydroxyl groups is 1. The number of anilines is 1. The number of aromatic amines is 1. The molecule has 5 N–H and O–H groups in total. The summed E-state index contributed by atoms with van der Waals surface area (Å²) in [5.41, 5.74) is 5.91. The highest BCUT2D eigenvalue weighted by atomic mass is 16.6. The summed E-state index contributed by atoms with van der Waals surface area (Å²) in [4.78, 5) is 45.3. The Labute approximate surface area is 369 Å². The SMILES string of the molecule is O=C(Nc1ccccc1-c1ccccc1)OC1CC2CN(CCc3ccc(CCOCCC(=O)N(CCNCC(O)c4ccc(O)c5[nH]c(=O)ccc45)C4CCCC4)cc3)CC2C1. The highest BCUT2D eigenvalue weighted by Gasteiger charge is 2.42. The van der Waals surface area contributed by atoms with E-state index in [4.69, 9.17) is 9.47 Å². The Hall–Kier alpha value is -5.53. The third kappa shape index (κ3) is 11.5. The number of hydrogen-bond donors (Lipinski definition) is 5. The quantitative estimate of drug-likeness (QED) is 0.0533. The molecule has 12 nitrogen and oxygen atoms in total. The average molecular weight is 856 g/mol. The number of phenolic OH excluding ortho intramolecular Hbond substituents is 1. The number of fused-ring (bicyclic) bond motifs is 2. The average Bonchev–Trinajstić information content (AvgIpc) is 4.05. The summed E-state index contributed by atoms with van der Waals surface area (Å²) >= 11 is 0. The highest BCUT2D eigenvalue weighted by molar-refractivity contribution is 5.91. The lowest BCUT2D eigenvalue weighted by atomic mass is 10.0. The smallest absolute Gasteiger partial charge is 0.411 e. The third-order valence-corrected chi connectivity index (χ3v) is 13.3. The van der Waals surface area contributed by atoms with Gasteiger partial charge in [-0.2, -0.15) is 0 Å². The number of ether oxygens (including phenoxy) is 2. The second-order valence-corrected chi connectivity index (χ2v) is 17.5. The van der Waals surface area contributed by atoms with Gasteiger partial charge >= 0.3 is 6.09 Å². The van der Waals surface area contributed by atoms with Gasteiger partial charge in [0.15, 0.2) is 0 Å². The van der Waals surface area contributed by atoms with Crippen molar-refractivity contribution < 1.29 is 29.3 Å². The molecule has 3 atom stereocenters. The second kappa shape index (κ2) is 21.2. The van der Waals surface area contributed by atoms with Crippen molar-refractivity contribution in [2.24, 2.45) is 11.8 Å². The molecule has 8 rings (SSSR count). The number of amides is 2. The molecule has 3 unspecified atom stereocenters. The van der Waals surface area contributed by atoms with Gasteiger partial charge in [0.1, 0.15) is 11.9 Å². The predicted octanol–water partition coefficient (Wildman–Crippen LogP) is 7.45. The van der Waals surface area contributed by atoms with E-state index in [9.17, 15) is 24.6 Å². The molecule has 2 saturated carbocycles. The molecular formula is C51H61N5O7. The topological polar surface area (TPSA) is 156 Å². The van der Waals surface area contributed by atoms with Crippen LogP contribution < -0.4 is 16.2 Å². The van der Waals surface area contributed by atoms with Crippen LogP contribution in [0.4, 0.5) is 10.5 Å². The third-order valence-electron chi connectivity index (χ3n) is 13.3. The van der Waals surface area contributed by atoms with Crippen LogP contribution in [-0.2, 0) is 27.1 Å². The molecule has 1 saturated heterocycles. The van der Waals surface area contributed by atoms with E-state index in [2.05, 4.69) is 44.8 Å². The number of para-hydroxylation sites is 1. The van der Waals surface area contributed by atoms with Crippen molar-refractivity contribution in [1.82, 2.24) is 20.1 Å². The second-order valence-electron chi connectivity index (χ2n) is 17.5. The number of pyridine rings is 1. The molecule has 4 aromatic carbocycles. The van der Waals surface area contributed by atoms with Gasteiger partial charge in [0.25, 0.3) is 0 Å². The van der Waals surface area contributed by atoms with Crippen LogP contribution in [0.15, 0.2) is 108 Å². The van der Waals surface area contributed by atoms with Crippen LogP contribution in [0.5, 0.6) is 5.75 Å². The van der Waals surface area contributed by atoms with Crippen molar-refractivity contribution >= 4 is 28.6 Å². The summed E-state index contributed by atoms with van der Waals surface area (Å²) in [6.45, 7) is 5.39. The molecule has 5 aromatic rings. The molecule has 2 aliphatic carbocycles. The largest absolute Gasteiger partial charge is 0.506 e. The van der Waals surface area contributed by atoms with E-state index in [0.717, 1.165) is 87.8 Å². The summed E-state index contributed by atoms with van der Waals surface area (Å²) in [6.07, 6.45) is 6.91. The van der Waals surface area contributed by atoms with E-state index < -0.39 is 6.10 Å². The van der Waals surface area contributed by atoms with Gasteiger partial charge in [-0.25, -0.2) is 4.79 Å². The Kier molecular flexibility index (Phi) is 14.9. The molecule has 1 aromatic heterocycles. The maximum atomic E-state index is 13.4. The first kappa shape index (κ1) is 44.1. The summed E-state index contributed by atoms with van der Waals surface area (Å²) in [7, 11) is 0. The minimum absolute atomic E-state index is 0.0440. The zero-order chi connectivity index (χ0) is 43.5. The van der Waals surface area contributed by atoms with E-state index in [1.807, 2.05) is 59.5 Å². The lowest BCUT2D eigenvalue weighted by Crippen LogP contribution is -2.43. The number of aliphatic hydroxyl groups excluding tert-OH is 1. The lowest BCUT2D eigenvalue weighted by molar-refractivity contribution is -0.134. The number of aliphatic hydroxyl groups is 1. The number of H-pyrrole nitrogens is 1. The van der Waals surface area contributed by atoms with Crippen LogP contribution in [0.25, 0.3) is 22.0 Å². The van der Waals surface area contributed by atoms with Gasteiger partial charge in [0, 0.05) is 62.3 Å². The van der Waals surface area contributed by atoms with Crippen molar-refractivity contribution in [1.29, 1.82) is 0 Å². The molecule has 12 heteroatoms. The first-order valence-corrected chi connectivity index (χ1v) is 22.8. The fourth-order valence-corrected chi connectivity index (χ4v) is 9.95. The Morgan fingerprint density at radius 1 is 0.841 bits per heavy atom. The fraction of sp³-hybridized carbons (Fsp3) is 0.431. The first-order valence-electron chi connectivity index (χ1n) is 22.8. The number of benzene rings is 4. The lowest BCUT2D eigenvalue weighted by Gasteiger charge is -2.29. The van der Waals surface area contributed by atoms with Crippen molar-refractivity contribution in [3.05, 3.63) is 130 Å². The van der Waals surface area contributed by atoms with E-state index in [1.54, 1.807) is 12.1 Å². The van der Waals surface area contributed by atoms with Crippen LogP contribution in [0.1, 0.15) is 67.7 Å². The summed E-state index contributed by atoms with van der Waals surface area (Å²) in [5.74, 6) is 1.17. The number of nitrogens with one attached hydrogen (secondary N) is 3. The van der Waals surface area contributed by atoms with Crippen molar-refractivity contribution in [2.45, 2.75) is 76.0 Å². The summed E-state index contributed by atoms with van der Waals surface area (Å²) in [5, 5.41) is 28.0. The Balaban J connectivity index is 0.702. The number of likely N-dealkylation sites (tertiary alicyclic amines) is 1. The minimum Gasteiger partial charge on any atom is -0.506 e. The Bertz CT molecular complexity index is 2330. The molecule has 3 aliphatic rings. The normalized spacial score (nSPS) is 19.3. The van der Waals surface area contributed by atoms with Crippen molar-refractivity contribution in [2.75, 3.05) is 57.8 Å². The molecular weight excluding hydrogens is 795 g/mol. The maximum absolute atomic E-state index is 13.4. The summed E-state index contributed by atoms with van der Waals surface area (Å²) in [6, 6.07) is 33.1. The zero-order valence-corrected chi connectivity index (χ0v) is 36.1. The van der Waals surface area contributed by atoms with Crippen LogP contribution in [0, 0.1) is 11.8 Å². The van der Waals surface area contributed by atoms with Gasteiger partial charge in [-0.15, -0.1) is 0 Å². The van der Waals surface area contributed by atoms with E-state index in [-0.39, 0.29) is 42.0 Å². The maximum Gasteiger partial charge on any atom is 0.411 e. The molecule has 0 bridgehead atoms. The first-order chi connectivity index (χ1) is 30.8. The molecule has 1 aliphatic heterocycles. The van der Waals surface area contributed by atoms with Gasteiger partial charge < -0.3 is 39.8 Å². The number of aromatic nitrogens is 1. The van der Waals surface area contributed by atoms with Gasteiger partial charge in [0.05, 0.1) is 36.9 Å². The van der Waals surface area contributed by atoms with Crippen LogP contribution in [-0.4, -0.2) is 102 Å². The van der Waals surface area contributed by atoms with Gasteiger partial charge in [-0.3, -0.25) is 14.9 Å². The molecule has 2 heterocycles. The molecule has 332 valence electrons. The number of phenols is 1. The van der Waals surface area contributed by atoms with Gasteiger partial charge in [0.2, 0.25) is 11.5 Å². The number of rotatable bonds is 19. The van der Waals surface area contributed by atoms with Gasteiger partial charge in [-0.05, 0) is 90.8 Å². The Morgan fingerprint density at radius 2 is 1.56 bits per heavy atom. The highest BCUT2D eigenvalue weighted by Crippen LogP contribution is 2.40. The van der Waals surface area contributed by atoms with E-state index in [0.29, 0.717) is 61.0 Å². The molecule has 0 radical (unpaired) electrons. The molecule has 63 heavy (non-hydrogen) atoms. The molecule has 2 amide bonds. The van der Waals surface area contributed by atoms with E-state index >= 15 is 0 Å². The molecule has 3 fully saturated rings. The summed E-state index contributed by atoms with van der Waals surface area (Å²) < 4.78 is 11.9. The minimum atomic E-state index is -0.856. The van der Waals surface area contributed by atoms with Crippen LogP contribution in [0.3, 0.4) is 0 Å². The van der Waals surface area contributed by atoms with Crippen molar-refractivity contribution in [3.8, 4) is 16.9 Å². The monoisotopic (exact) mass is 855 g/mol. The standard InChI is InChI=1S/C51H61N5O7/c57-46-20-18-43(44-19-21-48(59)54-50(44)46)47(58)32-52-25-27-56(40-10-4-5-11-40)49(60)24-29-62-28-23-36-16-14-35(15-17-36)22-26-55-33-38-30-41(31-39(38)34-55)63-51(61)53-45-13-7-6-12-42(45)37-8-2-1-3-9-37/h1-3,6-9,12-21,38-41,47,52,57-58H,4-5,10-11,22-34H2,(H,53,61)(H,54,59). The van der Waals surface area contributed by atoms with E-state index in [1.165, 1.54) is 23.3 Å². The van der Waals surface area contributed by atoms with Crippen molar-refractivity contribution in [3.63, 3.8) is 0 Å². The van der Waals surface area contributed by atoms with Crippen LogP contribution in [0.2, 0.25) is 0 Å². The fourth-order valence-electron chi connectivity index (χ4n) is 9.95. The zero-order valence-electron chi connectivity index (χ0n) is 36.1. The van der Waals surface area contributed by atoms with Gasteiger partial charge in [-0.1, -0.05) is 91.7 Å².